The first-order valence-electron chi connectivity index (χ1n) is 7.59. The lowest BCUT2D eigenvalue weighted by atomic mass is 9.94. The molecule has 3 nitrogen and oxygen atoms in total. The van der Waals surface area contributed by atoms with Crippen LogP contribution in [-0.4, -0.2) is 24.1 Å². The van der Waals surface area contributed by atoms with Gasteiger partial charge >= 0.3 is 0 Å². The van der Waals surface area contributed by atoms with Crippen molar-refractivity contribution in [2.45, 2.75) is 64.6 Å². The van der Waals surface area contributed by atoms with Crippen molar-refractivity contribution in [2.75, 3.05) is 11.9 Å². The Balaban J connectivity index is 2.00. The van der Waals surface area contributed by atoms with Gasteiger partial charge in [0.1, 0.15) is 5.82 Å². The summed E-state index contributed by atoms with van der Waals surface area (Å²) in [7, 11) is 2.19. The molecule has 0 unspecified atom stereocenters. The Morgan fingerprint density at radius 1 is 1.26 bits per heavy atom. The van der Waals surface area contributed by atoms with E-state index in [9.17, 15) is 0 Å². The molecule has 106 valence electrons. The van der Waals surface area contributed by atoms with E-state index in [0.717, 1.165) is 18.1 Å². The molecule has 1 aliphatic rings. The molecule has 2 rings (SSSR count). The quantitative estimate of drug-likeness (QED) is 0.881. The van der Waals surface area contributed by atoms with E-state index in [1.807, 2.05) is 0 Å². The van der Waals surface area contributed by atoms with Crippen LogP contribution in [0.3, 0.4) is 0 Å². The molecule has 0 spiro atoms. The van der Waals surface area contributed by atoms with Crippen molar-refractivity contribution in [3.8, 4) is 0 Å². The van der Waals surface area contributed by atoms with Crippen LogP contribution >= 0.6 is 0 Å². The van der Waals surface area contributed by atoms with Crippen LogP contribution < -0.4 is 10.2 Å². The molecule has 1 aromatic rings. The first-order chi connectivity index (χ1) is 9.16. The Morgan fingerprint density at radius 3 is 2.68 bits per heavy atom. The van der Waals surface area contributed by atoms with Gasteiger partial charge in [-0.25, -0.2) is 4.98 Å². The summed E-state index contributed by atoms with van der Waals surface area (Å²) in [5.74, 6) is 1.12. The average Bonchev–Trinajstić information content (AvgIpc) is 2.45. The maximum Gasteiger partial charge on any atom is 0.128 e. The van der Waals surface area contributed by atoms with E-state index in [0.29, 0.717) is 12.1 Å². The van der Waals surface area contributed by atoms with Crippen LogP contribution in [0.2, 0.25) is 0 Å². The standard InChI is InChI=1S/C16H27N3/c1-13(2)17-12-14-8-7-11-16(18-14)19(3)15-9-5-4-6-10-15/h7-8,11,13,15,17H,4-6,9-10,12H2,1-3H3. The number of pyridine rings is 1. The minimum atomic E-state index is 0.501. The molecule has 0 radical (unpaired) electrons. The lowest BCUT2D eigenvalue weighted by Gasteiger charge is -2.32. The largest absolute Gasteiger partial charge is 0.357 e. The van der Waals surface area contributed by atoms with Gasteiger partial charge in [-0.15, -0.1) is 0 Å². The molecular formula is C16H27N3. The Labute approximate surface area is 117 Å². The highest BCUT2D eigenvalue weighted by atomic mass is 15.2. The molecule has 0 aliphatic heterocycles. The maximum atomic E-state index is 4.78. The fraction of sp³-hybridized carbons (Fsp3) is 0.688. The van der Waals surface area contributed by atoms with Gasteiger partial charge in [-0.05, 0) is 25.0 Å². The SMILES string of the molecule is CC(C)NCc1cccc(N(C)C2CCCCC2)n1. The van der Waals surface area contributed by atoms with E-state index in [2.05, 4.69) is 49.3 Å². The molecule has 0 bridgehead atoms. The summed E-state index contributed by atoms with van der Waals surface area (Å²) in [5, 5.41) is 3.43. The van der Waals surface area contributed by atoms with Crippen molar-refractivity contribution in [2.24, 2.45) is 0 Å². The summed E-state index contributed by atoms with van der Waals surface area (Å²) in [6.07, 6.45) is 6.75. The highest BCUT2D eigenvalue weighted by molar-refractivity contribution is 5.39. The third kappa shape index (κ3) is 4.20. The van der Waals surface area contributed by atoms with Crippen LogP contribution in [0.15, 0.2) is 18.2 Å². The third-order valence-corrected chi connectivity index (χ3v) is 3.97. The zero-order chi connectivity index (χ0) is 13.7. The molecule has 1 heterocycles. The second kappa shape index (κ2) is 6.90. The number of nitrogens with zero attached hydrogens (tertiary/aromatic N) is 2. The van der Waals surface area contributed by atoms with Crippen LogP contribution in [0.4, 0.5) is 5.82 Å². The van der Waals surface area contributed by atoms with E-state index in [-0.39, 0.29) is 0 Å². The number of hydrogen-bond acceptors (Lipinski definition) is 3. The predicted molar refractivity (Wildman–Crippen MR) is 81.5 cm³/mol. The molecule has 1 fully saturated rings. The van der Waals surface area contributed by atoms with Gasteiger partial charge in [0.25, 0.3) is 0 Å². The van der Waals surface area contributed by atoms with Crippen molar-refractivity contribution < 1.29 is 0 Å². The van der Waals surface area contributed by atoms with Gasteiger partial charge in [0, 0.05) is 25.7 Å². The van der Waals surface area contributed by atoms with Crippen molar-refractivity contribution in [3.63, 3.8) is 0 Å². The van der Waals surface area contributed by atoms with Crippen LogP contribution in [0, 0.1) is 0 Å². The fourth-order valence-electron chi connectivity index (χ4n) is 2.73. The highest BCUT2D eigenvalue weighted by Crippen LogP contribution is 2.24. The summed E-state index contributed by atoms with van der Waals surface area (Å²) in [6.45, 7) is 5.18. The van der Waals surface area contributed by atoms with Gasteiger partial charge in [0.15, 0.2) is 0 Å². The molecule has 19 heavy (non-hydrogen) atoms. The van der Waals surface area contributed by atoms with Crippen molar-refractivity contribution in [3.05, 3.63) is 23.9 Å². The van der Waals surface area contributed by atoms with Crippen molar-refractivity contribution >= 4 is 5.82 Å². The molecule has 1 aliphatic carbocycles. The second-order valence-corrected chi connectivity index (χ2v) is 5.93. The van der Waals surface area contributed by atoms with Gasteiger partial charge in [0.05, 0.1) is 5.69 Å². The van der Waals surface area contributed by atoms with Gasteiger partial charge in [0.2, 0.25) is 0 Å². The Bertz CT molecular complexity index is 383. The molecule has 1 N–H and O–H groups in total. The van der Waals surface area contributed by atoms with E-state index in [4.69, 9.17) is 4.98 Å². The van der Waals surface area contributed by atoms with Crippen LogP contribution in [0.25, 0.3) is 0 Å². The average molecular weight is 261 g/mol. The van der Waals surface area contributed by atoms with Crippen LogP contribution in [0.1, 0.15) is 51.6 Å². The van der Waals surface area contributed by atoms with E-state index >= 15 is 0 Å². The van der Waals surface area contributed by atoms with Crippen molar-refractivity contribution in [1.29, 1.82) is 0 Å². The Kier molecular flexibility index (Phi) is 5.20. The summed E-state index contributed by atoms with van der Waals surface area (Å²) in [6, 6.07) is 7.54. The van der Waals surface area contributed by atoms with Gasteiger partial charge in [-0.3, -0.25) is 0 Å². The minimum Gasteiger partial charge on any atom is -0.357 e. The minimum absolute atomic E-state index is 0.501. The number of nitrogens with one attached hydrogen (secondary N) is 1. The van der Waals surface area contributed by atoms with Crippen LogP contribution in [0.5, 0.6) is 0 Å². The first-order valence-corrected chi connectivity index (χ1v) is 7.59. The summed E-state index contributed by atoms with van der Waals surface area (Å²) >= 11 is 0. The number of aromatic nitrogens is 1. The molecule has 1 saturated carbocycles. The molecule has 1 aromatic heterocycles. The molecule has 0 aromatic carbocycles. The predicted octanol–water partition coefficient (Wildman–Crippen LogP) is 3.35. The van der Waals surface area contributed by atoms with E-state index in [1.54, 1.807) is 0 Å². The second-order valence-electron chi connectivity index (χ2n) is 5.93. The fourth-order valence-corrected chi connectivity index (χ4v) is 2.73. The number of rotatable bonds is 5. The smallest absolute Gasteiger partial charge is 0.128 e. The van der Waals surface area contributed by atoms with Crippen molar-refractivity contribution in [1.82, 2.24) is 10.3 Å². The zero-order valence-electron chi connectivity index (χ0n) is 12.5. The third-order valence-electron chi connectivity index (χ3n) is 3.97. The summed E-state index contributed by atoms with van der Waals surface area (Å²) in [4.78, 5) is 7.16. The number of anilines is 1. The Hall–Kier alpha value is -1.09. The monoisotopic (exact) mass is 261 g/mol. The summed E-state index contributed by atoms with van der Waals surface area (Å²) < 4.78 is 0. The lowest BCUT2D eigenvalue weighted by molar-refractivity contribution is 0.425. The highest BCUT2D eigenvalue weighted by Gasteiger charge is 2.19. The molecule has 0 saturated heterocycles. The summed E-state index contributed by atoms with van der Waals surface area (Å²) in [5.41, 5.74) is 1.13. The molecule has 0 atom stereocenters. The van der Waals surface area contributed by atoms with Gasteiger partial charge in [-0.2, -0.15) is 0 Å². The van der Waals surface area contributed by atoms with Gasteiger partial charge in [-0.1, -0.05) is 39.2 Å². The molecular weight excluding hydrogens is 234 g/mol. The van der Waals surface area contributed by atoms with E-state index < -0.39 is 0 Å². The van der Waals surface area contributed by atoms with Crippen LogP contribution in [-0.2, 0) is 6.54 Å². The lowest BCUT2D eigenvalue weighted by Crippen LogP contribution is -2.34. The Morgan fingerprint density at radius 2 is 2.00 bits per heavy atom. The maximum absolute atomic E-state index is 4.78. The van der Waals surface area contributed by atoms with Gasteiger partial charge < -0.3 is 10.2 Å². The number of hydrogen-bond donors (Lipinski definition) is 1. The zero-order valence-corrected chi connectivity index (χ0v) is 12.5. The normalized spacial score (nSPS) is 16.8. The topological polar surface area (TPSA) is 28.2 Å². The molecule has 3 heteroatoms. The first kappa shape index (κ1) is 14.3. The van der Waals surface area contributed by atoms with E-state index in [1.165, 1.54) is 32.1 Å². The molecule has 0 amide bonds.